The molecule has 3 N–H and O–H groups in total. The monoisotopic (exact) mass is 254 g/mol. The van der Waals surface area contributed by atoms with Crippen LogP contribution in [-0.4, -0.2) is 10.2 Å². The summed E-state index contributed by atoms with van der Waals surface area (Å²) >= 11 is 3.43. The van der Waals surface area contributed by atoms with Crippen molar-refractivity contribution in [1.29, 1.82) is 0 Å². The van der Waals surface area contributed by atoms with Crippen LogP contribution in [0.15, 0.2) is 28.9 Å². The molecule has 2 rings (SSSR count). The summed E-state index contributed by atoms with van der Waals surface area (Å²) in [4.78, 5) is 3.16. The van der Waals surface area contributed by atoms with Crippen LogP contribution in [0.5, 0.6) is 0 Å². The molecule has 0 radical (unpaired) electrons. The van der Waals surface area contributed by atoms with Crippen LogP contribution >= 0.6 is 15.9 Å². The van der Waals surface area contributed by atoms with Crippen LogP contribution < -0.4 is 5.48 Å². The lowest BCUT2D eigenvalue weighted by molar-refractivity contribution is 0.134. The Morgan fingerprint density at radius 3 is 3.00 bits per heavy atom. The Morgan fingerprint density at radius 1 is 1.50 bits per heavy atom. The van der Waals surface area contributed by atoms with E-state index in [0.717, 1.165) is 20.9 Å². The van der Waals surface area contributed by atoms with E-state index in [0.29, 0.717) is 0 Å². The van der Waals surface area contributed by atoms with Gasteiger partial charge in [0.15, 0.2) is 0 Å². The third-order valence-corrected chi connectivity index (χ3v) is 2.83. The molecule has 1 atom stereocenters. The number of rotatable bonds is 2. The van der Waals surface area contributed by atoms with Gasteiger partial charge in [-0.25, -0.2) is 0 Å². The smallest absolute Gasteiger partial charge is 0.0561 e. The van der Waals surface area contributed by atoms with Gasteiger partial charge in [-0.2, -0.15) is 5.48 Å². The fourth-order valence-electron chi connectivity index (χ4n) is 1.54. The molecule has 3 nitrogen and oxygen atoms in total. The van der Waals surface area contributed by atoms with E-state index >= 15 is 0 Å². The molecule has 1 aromatic carbocycles. The van der Waals surface area contributed by atoms with Crippen LogP contribution in [-0.2, 0) is 0 Å². The molecule has 14 heavy (non-hydrogen) atoms. The molecule has 74 valence electrons. The first-order chi connectivity index (χ1) is 6.72. The van der Waals surface area contributed by atoms with Gasteiger partial charge in [0.2, 0.25) is 0 Å². The van der Waals surface area contributed by atoms with Gasteiger partial charge in [-0.15, -0.1) is 0 Å². The standard InChI is InChI=1S/C10H11BrN2O/c1-6(13-14)9-5-12-10-3-2-7(11)4-8(9)10/h2-6,12-14H,1H3. The van der Waals surface area contributed by atoms with E-state index in [4.69, 9.17) is 5.21 Å². The van der Waals surface area contributed by atoms with Crippen LogP contribution in [0.1, 0.15) is 18.5 Å². The molecule has 0 aliphatic carbocycles. The number of hydrogen-bond donors (Lipinski definition) is 3. The van der Waals surface area contributed by atoms with Gasteiger partial charge in [0.25, 0.3) is 0 Å². The second kappa shape index (κ2) is 3.73. The minimum Gasteiger partial charge on any atom is -0.361 e. The molecule has 4 heteroatoms. The number of hydrogen-bond acceptors (Lipinski definition) is 2. The summed E-state index contributed by atoms with van der Waals surface area (Å²) in [6.07, 6.45) is 1.91. The summed E-state index contributed by atoms with van der Waals surface area (Å²) in [7, 11) is 0. The second-order valence-electron chi connectivity index (χ2n) is 3.28. The largest absolute Gasteiger partial charge is 0.361 e. The molecule has 0 spiro atoms. The second-order valence-corrected chi connectivity index (χ2v) is 4.20. The first-order valence-corrected chi connectivity index (χ1v) is 5.18. The van der Waals surface area contributed by atoms with Crippen LogP contribution in [0.3, 0.4) is 0 Å². The van der Waals surface area contributed by atoms with Crippen molar-refractivity contribution in [3.05, 3.63) is 34.4 Å². The lowest BCUT2D eigenvalue weighted by atomic mass is 10.1. The number of aromatic nitrogens is 1. The Morgan fingerprint density at radius 2 is 2.29 bits per heavy atom. The molecule has 2 aromatic rings. The SMILES string of the molecule is CC(NO)c1c[nH]c2ccc(Br)cc12. The summed E-state index contributed by atoms with van der Waals surface area (Å²) in [5.74, 6) is 0. The Kier molecular flexibility index (Phi) is 2.58. The van der Waals surface area contributed by atoms with Gasteiger partial charge >= 0.3 is 0 Å². The average molecular weight is 255 g/mol. The summed E-state index contributed by atoms with van der Waals surface area (Å²) in [6, 6.07) is 5.96. The minimum atomic E-state index is -0.0713. The lowest BCUT2D eigenvalue weighted by Crippen LogP contribution is -2.12. The van der Waals surface area contributed by atoms with Gasteiger partial charge < -0.3 is 10.2 Å². The topological polar surface area (TPSA) is 48.0 Å². The van der Waals surface area contributed by atoms with Gasteiger partial charge in [0.05, 0.1) is 6.04 Å². The Labute approximate surface area is 90.2 Å². The van der Waals surface area contributed by atoms with E-state index in [1.165, 1.54) is 0 Å². The number of aromatic amines is 1. The zero-order valence-corrected chi connectivity index (χ0v) is 9.30. The third-order valence-electron chi connectivity index (χ3n) is 2.34. The van der Waals surface area contributed by atoms with Gasteiger partial charge in [-0.3, -0.25) is 0 Å². The molecule has 0 saturated heterocycles. The zero-order chi connectivity index (χ0) is 10.1. The molecule has 0 aliphatic heterocycles. The molecule has 0 aliphatic rings. The minimum absolute atomic E-state index is 0.0713. The van der Waals surface area contributed by atoms with Gasteiger partial charge in [-0.05, 0) is 30.7 Å². The van der Waals surface area contributed by atoms with Crippen molar-refractivity contribution in [2.75, 3.05) is 0 Å². The van der Waals surface area contributed by atoms with E-state index in [1.54, 1.807) is 0 Å². The van der Waals surface area contributed by atoms with Crippen molar-refractivity contribution in [3.63, 3.8) is 0 Å². The molecular weight excluding hydrogens is 244 g/mol. The normalized spacial score (nSPS) is 13.4. The van der Waals surface area contributed by atoms with Gasteiger partial charge in [-0.1, -0.05) is 15.9 Å². The number of H-pyrrole nitrogens is 1. The highest BCUT2D eigenvalue weighted by molar-refractivity contribution is 9.10. The molecule has 1 aromatic heterocycles. The van der Waals surface area contributed by atoms with Crippen LogP contribution in [0.25, 0.3) is 10.9 Å². The predicted octanol–water partition coefficient (Wildman–Crippen LogP) is 2.97. The number of nitrogens with one attached hydrogen (secondary N) is 2. The van der Waals surface area contributed by atoms with Gasteiger partial charge in [0, 0.05) is 21.6 Å². The fraction of sp³-hybridized carbons (Fsp3) is 0.200. The highest BCUT2D eigenvalue weighted by Gasteiger charge is 2.09. The summed E-state index contributed by atoms with van der Waals surface area (Å²) in [5.41, 5.74) is 4.38. The molecule has 0 fully saturated rings. The van der Waals surface area contributed by atoms with E-state index in [-0.39, 0.29) is 6.04 Å². The predicted molar refractivity (Wildman–Crippen MR) is 59.3 cm³/mol. The third kappa shape index (κ3) is 1.56. The maximum Gasteiger partial charge on any atom is 0.0561 e. The molecule has 0 bridgehead atoms. The highest BCUT2D eigenvalue weighted by atomic mass is 79.9. The lowest BCUT2D eigenvalue weighted by Gasteiger charge is -2.07. The quantitative estimate of drug-likeness (QED) is 0.722. The Bertz CT molecular complexity index is 452. The maximum atomic E-state index is 8.86. The molecule has 0 saturated carbocycles. The van der Waals surface area contributed by atoms with Crippen molar-refractivity contribution in [2.24, 2.45) is 0 Å². The van der Waals surface area contributed by atoms with Crippen molar-refractivity contribution < 1.29 is 5.21 Å². The first-order valence-electron chi connectivity index (χ1n) is 4.38. The average Bonchev–Trinajstić information content (AvgIpc) is 2.59. The zero-order valence-electron chi connectivity index (χ0n) is 7.71. The van der Waals surface area contributed by atoms with Crippen molar-refractivity contribution in [1.82, 2.24) is 10.5 Å². The molecule has 1 unspecified atom stereocenters. The van der Waals surface area contributed by atoms with Crippen LogP contribution in [0.2, 0.25) is 0 Å². The van der Waals surface area contributed by atoms with Crippen LogP contribution in [0.4, 0.5) is 0 Å². The van der Waals surface area contributed by atoms with E-state index in [1.807, 2.05) is 31.3 Å². The summed E-state index contributed by atoms with van der Waals surface area (Å²) < 4.78 is 1.04. The molecule has 1 heterocycles. The number of halogens is 1. The first kappa shape index (κ1) is 9.71. The Hall–Kier alpha value is -0.840. The highest BCUT2D eigenvalue weighted by Crippen LogP contribution is 2.26. The Balaban J connectivity index is 2.61. The molecule has 0 amide bonds. The van der Waals surface area contributed by atoms with Crippen molar-refractivity contribution in [2.45, 2.75) is 13.0 Å². The number of hydroxylamine groups is 1. The van der Waals surface area contributed by atoms with Gasteiger partial charge in [0.1, 0.15) is 0 Å². The van der Waals surface area contributed by atoms with Crippen LogP contribution in [0, 0.1) is 0 Å². The van der Waals surface area contributed by atoms with Crippen molar-refractivity contribution in [3.8, 4) is 0 Å². The molecular formula is C10H11BrN2O. The maximum absolute atomic E-state index is 8.86. The number of fused-ring (bicyclic) bond motifs is 1. The van der Waals surface area contributed by atoms with E-state index < -0.39 is 0 Å². The van der Waals surface area contributed by atoms with Crippen molar-refractivity contribution >= 4 is 26.8 Å². The number of benzene rings is 1. The summed E-state index contributed by atoms with van der Waals surface area (Å²) in [6.45, 7) is 1.91. The van der Waals surface area contributed by atoms with E-state index in [9.17, 15) is 0 Å². The van der Waals surface area contributed by atoms with E-state index in [2.05, 4.69) is 26.4 Å². The fourth-order valence-corrected chi connectivity index (χ4v) is 1.90. The summed E-state index contributed by atoms with van der Waals surface area (Å²) in [5, 5.41) is 9.98.